The fourth-order valence-corrected chi connectivity index (χ4v) is 1.93. The van der Waals surface area contributed by atoms with Gasteiger partial charge in [-0.25, -0.2) is 0 Å². The molecule has 1 rings (SSSR count). The lowest BCUT2D eigenvalue weighted by Crippen LogP contribution is -2.43. The van der Waals surface area contributed by atoms with Gasteiger partial charge in [0, 0.05) is 32.5 Å². The van der Waals surface area contributed by atoms with Crippen LogP contribution >= 0.6 is 0 Å². The van der Waals surface area contributed by atoms with Crippen LogP contribution in [-0.4, -0.2) is 53.3 Å². The van der Waals surface area contributed by atoms with Crippen LogP contribution in [0, 0.1) is 0 Å². The summed E-state index contributed by atoms with van der Waals surface area (Å²) in [6.07, 6.45) is 0.584. The highest BCUT2D eigenvalue weighted by atomic mass is 16.4. The molecule has 2 N–H and O–H groups in total. The molecule has 0 spiro atoms. The number of nitrogens with zero attached hydrogens (tertiary/aromatic N) is 1. The molecule has 1 saturated heterocycles. The van der Waals surface area contributed by atoms with Gasteiger partial charge in [-0.3, -0.25) is 14.4 Å². The minimum absolute atomic E-state index is 0.0445. The number of ketones is 1. The molecular formula is C11H18N2O4. The number of likely N-dealkylation sites (N-methyl/N-ethyl adjacent to an activating group) is 1. The number of carboxylic acid groups (broad SMARTS) is 1. The number of Topliss-reactive ketones (excluding diaryl/α,β-unsaturated/α-hetero) is 1. The number of rotatable bonds is 6. The Morgan fingerprint density at radius 2 is 2.24 bits per heavy atom. The lowest BCUT2D eigenvalue weighted by atomic mass is 10.1. The minimum Gasteiger partial charge on any atom is -0.481 e. The molecule has 0 aromatic heterocycles. The second-order valence-corrected chi connectivity index (χ2v) is 4.44. The summed E-state index contributed by atoms with van der Waals surface area (Å²) >= 11 is 0. The summed E-state index contributed by atoms with van der Waals surface area (Å²) in [5, 5.41) is 11.6. The average Bonchev–Trinajstić information content (AvgIpc) is 2.52. The van der Waals surface area contributed by atoms with E-state index in [-0.39, 0.29) is 30.6 Å². The molecule has 0 unspecified atom stereocenters. The Kier molecular flexibility index (Phi) is 4.62. The summed E-state index contributed by atoms with van der Waals surface area (Å²) in [6.45, 7) is 2.00. The SMILES string of the molecule is CC(=O)[C@H](CCC(=O)O)N[C@H]1CC(=O)N(C)C1. The summed E-state index contributed by atoms with van der Waals surface area (Å²) in [5.74, 6) is -0.964. The van der Waals surface area contributed by atoms with Gasteiger partial charge in [-0.05, 0) is 13.3 Å². The van der Waals surface area contributed by atoms with E-state index in [2.05, 4.69) is 5.32 Å². The van der Waals surface area contributed by atoms with E-state index >= 15 is 0 Å². The maximum atomic E-state index is 11.4. The van der Waals surface area contributed by atoms with Crippen LogP contribution in [0.1, 0.15) is 26.2 Å². The Balaban J connectivity index is 2.47. The van der Waals surface area contributed by atoms with Crippen molar-refractivity contribution in [1.29, 1.82) is 0 Å². The van der Waals surface area contributed by atoms with Gasteiger partial charge in [0.25, 0.3) is 0 Å². The third-order valence-electron chi connectivity index (χ3n) is 2.92. The number of carbonyl (C=O) groups excluding carboxylic acids is 2. The zero-order chi connectivity index (χ0) is 13.0. The maximum Gasteiger partial charge on any atom is 0.303 e. The summed E-state index contributed by atoms with van der Waals surface area (Å²) in [6, 6.07) is -0.536. The molecule has 1 aliphatic heterocycles. The van der Waals surface area contributed by atoms with Crippen molar-refractivity contribution < 1.29 is 19.5 Å². The first-order chi connectivity index (χ1) is 7.90. The van der Waals surface area contributed by atoms with Gasteiger partial charge in [0.1, 0.15) is 5.78 Å². The number of likely N-dealkylation sites (tertiary alicyclic amines) is 1. The van der Waals surface area contributed by atoms with Gasteiger partial charge in [-0.15, -0.1) is 0 Å². The molecule has 0 aliphatic carbocycles. The first-order valence-electron chi connectivity index (χ1n) is 5.62. The highest BCUT2D eigenvalue weighted by Crippen LogP contribution is 2.11. The van der Waals surface area contributed by atoms with E-state index in [1.165, 1.54) is 6.92 Å². The molecular weight excluding hydrogens is 224 g/mol. The molecule has 6 heteroatoms. The Morgan fingerprint density at radius 1 is 1.59 bits per heavy atom. The molecule has 1 amide bonds. The third kappa shape index (κ3) is 4.14. The second kappa shape index (κ2) is 5.77. The molecule has 1 fully saturated rings. The Morgan fingerprint density at radius 3 is 2.65 bits per heavy atom. The van der Waals surface area contributed by atoms with Crippen molar-refractivity contribution in [3.8, 4) is 0 Å². The van der Waals surface area contributed by atoms with Crippen molar-refractivity contribution in [3.05, 3.63) is 0 Å². The Hall–Kier alpha value is -1.43. The van der Waals surface area contributed by atoms with Crippen molar-refractivity contribution in [1.82, 2.24) is 10.2 Å². The molecule has 0 aromatic rings. The van der Waals surface area contributed by atoms with Crippen LogP contribution in [0.4, 0.5) is 0 Å². The predicted molar refractivity (Wildman–Crippen MR) is 60.5 cm³/mol. The Labute approximate surface area is 100.0 Å². The molecule has 2 atom stereocenters. The van der Waals surface area contributed by atoms with Gasteiger partial charge in [0.2, 0.25) is 5.91 Å². The van der Waals surface area contributed by atoms with Crippen LogP contribution < -0.4 is 5.32 Å². The topological polar surface area (TPSA) is 86.7 Å². The number of hydrogen-bond donors (Lipinski definition) is 2. The Bertz CT molecular complexity index is 329. The number of amides is 1. The summed E-state index contributed by atoms with van der Waals surface area (Å²) in [5.41, 5.74) is 0. The van der Waals surface area contributed by atoms with E-state index < -0.39 is 12.0 Å². The van der Waals surface area contributed by atoms with Crippen LogP contribution in [0.15, 0.2) is 0 Å². The molecule has 0 radical (unpaired) electrons. The average molecular weight is 242 g/mol. The zero-order valence-corrected chi connectivity index (χ0v) is 10.1. The summed E-state index contributed by atoms with van der Waals surface area (Å²) in [4.78, 5) is 34.7. The molecule has 0 bridgehead atoms. The minimum atomic E-state index is -0.919. The van der Waals surface area contributed by atoms with Crippen molar-refractivity contribution in [2.75, 3.05) is 13.6 Å². The van der Waals surface area contributed by atoms with Crippen molar-refractivity contribution in [2.45, 2.75) is 38.3 Å². The number of aliphatic carboxylic acids is 1. The normalized spacial score (nSPS) is 21.6. The third-order valence-corrected chi connectivity index (χ3v) is 2.92. The van der Waals surface area contributed by atoms with Crippen LogP contribution in [-0.2, 0) is 14.4 Å². The van der Waals surface area contributed by atoms with Gasteiger partial charge >= 0.3 is 5.97 Å². The van der Waals surface area contributed by atoms with Crippen LogP contribution in [0.3, 0.4) is 0 Å². The number of hydrogen-bond acceptors (Lipinski definition) is 4. The van der Waals surface area contributed by atoms with E-state index in [4.69, 9.17) is 5.11 Å². The van der Waals surface area contributed by atoms with E-state index in [9.17, 15) is 14.4 Å². The van der Waals surface area contributed by atoms with E-state index in [0.29, 0.717) is 13.0 Å². The van der Waals surface area contributed by atoms with Crippen LogP contribution in [0.2, 0.25) is 0 Å². The quantitative estimate of drug-likeness (QED) is 0.663. The van der Waals surface area contributed by atoms with Crippen molar-refractivity contribution in [3.63, 3.8) is 0 Å². The van der Waals surface area contributed by atoms with Gasteiger partial charge in [0.05, 0.1) is 6.04 Å². The standard InChI is InChI=1S/C11H18N2O4/c1-7(14)9(3-4-11(16)17)12-8-5-10(15)13(2)6-8/h8-9,12H,3-6H2,1-2H3,(H,16,17)/t8-,9-/m0/s1. The van der Waals surface area contributed by atoms with E-state index in [0.717, 1.165) is 0 Å². The van der Waals surface area contributed by atoms with Gasteiger partial charge in [-0.1, -0.05) is 0 Å². The lowest BCUT2D eigenvalue weighted by molar-refractivity contribution is -0.137. The van der Waals surface area contributed by atoms with Gasteiger partial charge in [0.15, 0.2) is 0 Å². The summed E-state index contributed by atoms with van der Waals surface area (Å²) in [7, 11) is 1.71. The highest BCUT2D eigenvalue weighted by Gasteiger charge is 2.29. The van der Waals surface area contributed by atoms with Crippen LogP contribution in [0.5, 0.6) is 0 Å². The molecule has 17 heavy (non-hydrogen) atoms. The fraction of sp³-hybridized carbons (Fsp3) is 0.727. The molecule has 1 aliphatic rings. The second-order valence-electron chi connectivity index (χ2n) is 4.44. The lowest BCUT2D eigenvalue weighted by Gasteiger charge is -2.19. The van der Waals surface area contributed by atoms with Gasteiger partial charge < -0.3 is 15.3 Å². The molecule has 0 aromatic carbocycles. The molecule has 1 heterocycles. The maximum absolute atomic E-state index is 11.4. The highest BCUT2D eigenvalue weighted by molar-refractivity contribution is 5.83. The number of carbonyl (C=O) groups is 3. The monoisotopic (exact) mass is 242 g/mol. The first kappa shape index (κ1) is 13.6. The van der Waals surface area contributed by atoms with Gasteiger partial charge in [-0.2, -0.15) is 0 Å². The zero-order valence-electron chi connectivity index (χ0n) is 10.1. The molecule has 6 nitrogen and oxygen atoms in total. The number of nitrogens with one attached hydrogen (secondary N) is 1. The smallest absolute Gasteiger partial charge is 0.303 e. The largest absolute Gasteiger partial charge is 0.481 e. The van der Waals surface area contributed by atoms with E-state index in [1.54, 1.807) is 11.9 Å². The predicted octanol–water partition coefficient (Wildman–Crippen LogP) is -0.371. The van der Waals surface area contributed by atoms with E-state index in [1.807, 2.05) is 0 Å². The fourth-order valence-electron chi connectivity index (χ4n) is 1.93. The molecule has 96 valence electrons. The first-order valence-corrected chi connectivity index (χ1v) is 5.62. The summed E-state index contributed by atoms with van der Waals surface area (Å²) < 4.78 is 0. The van der Waals surface area contributed by atoms with Crippen molar-refractivity contribution >= 4 is 17.7 Å². The molecule has 0 saturated carbocycles. The number of carboxylic acids is 1. The van der Waals surface area contributed by atoms with Crippen molar-refractivity contribution in [2.24, 2.45) is 0 Å². The van der Waals surface area contributed by atoms with Crippen LogP contribution in [0.25, 0.3) is 0 Å².